The number of benzene rings is 2. The Balaban J connectivity index is 2.02. The molecule has 2 atom stereocenters. The van der Waals surface area contributed by atoms with E-state index in [1.165, 1.54) is 0 Å². The van der Waals surface area contributed by atoms with Crippen LogP contribution >= 0.6 is 0 Å². The summed E-state index contributed by atoms with van der Waals surface area (Å²) in [5.74, 6) is -3.01. The molecule has 0 saturated carbocycles. The Morgan fingerprint density at radius 1 is 0.897 bits per heavy atom. The molecule has 0 radical (unpaired) electrons. The number of carboxylic acids is 2. The van der Waals surface area contributed by atoms with E-state index in [0.29, 0.717) is 12.8 Å². The molecule has 2 unspecified atom stereocenters. The average molecular weight is 389 g/mol. The van der Waals surface area contributed by atoms with Gasteiger partial charge >= 0.3 is 11.9 Å². The molecule has 5 heteroatoms. The van der Waals surface area contributed by atoms with Gasteiger partial charge in [-0.2, -0.15) is 0 Å². The predicted molar refractivity (Wildman–Crippen MR) is 111 cm³/mol. The van der Waals surface area contributed by atoms with Crippen molar-refractivity contribution in [1.29, 1.82) is 0 Å². The van der Waals surface area contributed by atoms with Crippen molar-refractivity contribution in [1.82, 2.24) is 4.98 Å². The van der Waals surface area contributed by atoms with E-state index in [1.54, 1.807) is 13.8 Å². The van der Waals surface area contributed by atoms with Crippen LogP contribution in [-0.4, -0.2) is 27.1 Å². The van der Waals surface area contributed by atoms with E-state index in [2.05, 4.69) is 6.07 Å². The van der Waals surface area contributed by atoms with E-state index in [1.807, 2.05) is 48.5 Å². The fourth-order valence-corrected chi connectivity index (χ4v) is 4.68. The van der Waals surface area contributed by atoms with Gasteiger partial charge in [0.25, 0.3) is 0 Å². The van der Waals surface area contributed by atoms with Crippen LogP contribution in [-0.2, 0) is 15.0 Å². The number of aromatic nitrogens is 1. The summed E-state index contributed by atoms with van der Waals surface area (Å²) < 4.78 is 0. The average Bonchev–Trinajstić information content (AvgIpc) is 2.95. The zero-order chi connectivity index (χ0) is 20.8. The summed E-state index contributed by atoms with van der Waals surface area (Å²) in [6.07, 6.45) is 0.647. The van der Waals surface area contributed by atoms with Crippen molar-refractivity contribution in [3.05, 3.63) is 65.7 Å². The summed E-state index contributed by atoms with van der Waals surface area (Å²) in [7, 11) is 0. The van der Waals surface area contributed by atoms with Crippen molar-refractivity contribution in [3.63, 3.8) is 0 Å². The minimum atomic E-state index is -0.882. The number of carbonyl (C=O) groups is 2. The van der Waals surface area contributed by atoms with Crippen LogP contribution in [0, 0.1) is 11.8 Å². The van der Waals surface area contributed by atoms with Gasteiger partial charge in [-0.25, -0.2) is 4.98 Å². The number of fused-ring (bicyclic) bond motifs is 4. The molecule has 148 valence electrons. The maximum absolute atomic E-state index is 11.8. The van der Waals surface area contributed by atoms with Gasteiger partial charge in [-0.3, -0.25) is 9.59 Å². The molecular formula is C24H23NO4. The second-order valence-corrected chi connectivity index (χ2v) is 8.09. The van der Waals surface area contributed by atoms with E-state index in [0.717, 1.165) is 33.3 Å². The first-order valence-electron chi connectivity index (χ1n) is 9.79. The lowest BCUT2D eigenvalue weighted by Crippen LogP contribution is -2.34. The molecule has 1 aromatic heterocycles. The van der Waals surface area contributed by atoms with Crippen LogP contribution in [0.15, 0.2) is 54.6 Å². The summed E-state index contributed by atoms with van der Waals surface area (Å²) in [5.41, 5.74) is 3.85. The standard InChI is InChI=1S/C24H23NO4/c1-14(22(26)27)12-24(13-15(2)23(28)29)18-9-5-4-8-17(18)21-19(24)11-16-7-3-6-10-20(16)25-21/h3-11,14-15H,12-13H2,1-2H3,(H,26,27)(H,28,29). The highest BCUT2D eigenvalue weighted by molar-refractivity contribution is 5.89. The Labute approximate surface area is 169 Å². The molecule has 0 saturated heterocycles. The van der Waals surface area contributed by atoms with E-state index in [4.69, 9.17) is 4.98 Å². The minimum absolute atomic E-state index is 0.323. The summed E-state index contributed by atoms with van der Waals surface area (Å²) in [5, 5.41) is 20.2. The molecule has 0 aliphatic heterocycles. The molecular weight excluding hydrogens is 366 g/mol. The van der Waals surface area contributed by atoms with Gasteiger partial charge in [0.2, 0.25) is 0 Å². The number of nitrogens with zero attached hydrogens (tertiary/aromatic N) is 1. The molecule has 3 aromatic rings. The number of carboxylic acid groups (broad SMARTS) is 2. The van der Waals surface area contributed by atoms with Gasteiger partial charge in [0, 0.05) is 16.4 Å². The van der Waals surface area contributed by atoms with E-state index < -0.39 is 29.2 Å². The van der Waals surface area contributed by atoms with Gasteiger partial charge in [-0.15, -0.1) is 0 Å². The lowest BCUT2D eigenvalue weighted by atomic mass is 9.67. The SMILES string of the molecule is CC(CC1(CC(C)C(=O)O)c2ccccc2-c2nc3ccccc3cc21)C(=O)O. The van der Waals surface area contributed by atoms with Gasteiger partial charge in [0.15, 0.2) is 0 Å². The van der Waals surface area contributed by atoms with Crippen molar-refractivity contribution < 1.29 is 19.8 Å². The predicted octanol–water partition coefficient (Wildman–Crippen LogP) is 4.72. The molecule has 0 spiro atoms. The summed E-state index contributed by atoms with van der Waals surface area (Å²) in [6.45, 7) is 3.37. The molecule has 1 heterocycles. The Morgan fingerprint density at radius 3 is 2.14 bits per heavy atom. The topological polar surface area (TPSA) is 87.5 Å². The van der Waals surface area contributed by atoms with Gasteiger partial charge in [0.05, 0.1) is 23.0 Å². The monoisotopic (exact) mass is 389 g/mol. The zero-order valence-electron chi connectivity index (χ0n) is 16.4. The van der Waals surface area contributed by atoms with Crippen molar-refractivity contribution >= 4 is 22.8 Å². The number of rotatable bonds is 6. The molecule has 0 amide bonds. The quantitative estimate of drug-likeness (QED) is 0.637. The van der Waals surface area contributed by atoms with Crippen molar-refractivity contribution in [2.24, 2.45) is 11.8 Å². The van der Waals surface area contributed by atoms with Gasteiger partial charge in [0.1, 0.15) is 0 Å². The Hall–Kier alpha value is -3.21. The van der Waals surface area contributed by atoms with Crippen molar-refractivity contribution in [2.75, 3.05) is 0 Å². The van der Waals surface area contributed by atoms with Crippen LogP contribution in [0.5, 0.6) is 0 Å². The molecule has 1 aliphatic carbocycles. The smallest absolute Gasteiger partial charge is 0.306 e. The van der Waals surface area contributed by atoms with Crippen LogP contribution < -0.4 is 0 Å². The van der Waals surface area contributed by atoms with E-state index in [9.17, 15) is 19.8 Å². The van der Waals surface area contributed by atoms with Crippen molar-refractivity contribution in [2.45, 2.75) is 32.1 Å². The number of pyridine rings is 1. The normalized spacial score (nSPS) is 19.4. The molecule has 29 heavy (non-hydrogen) atoms. The fraction of sp³-hybridized carbons (Fsp3) is 0.292. The fourth-order valence-electron chi connectivity index (χ4n) is 4.68. The minimum Gasteiger partial charge on any atom is -0.481 e. The first kappa shape index (κ1) is 19.1. The summed E-state index contributed by atoms with van der Waals surface area (Å²) in [4.78, 5) is 28.4. The van der Waals surface area contributed by atoms with Crippen LogP contribution in [0.4, 0.5) is 0 Å². The highest BCUT2D eigenvalue weighted by atomic mass is 16.4. The molecule has 2 aromatic carbocycles. The van der Waals surface area contributed by atoms with Crippen LogP contribution in [0.2, 0.25) is 0 Å². The van der Waals surface area contributed by atoms with Crippen LogP contribution in [0.1, 0.15) is 37.8 Å². The van der Waals surface area contributed by atoms with Gasteiger partial charge in [-0.05, 0) is 36.1 Å². The molecule has 0 bridgehead atoms. The maximum Gasteiger partial charge on any atom is 0.306 e. The Morgan fingerprint density at radius 2 is 1.48 bits per heavy atom. The number of hydrogen-bond donors (Lipinski definition) is 2. The largest absolute Gasteiger partial charge is 0.481 e. The third-order valence-corrected chi connectivity index (χ3v) is 6.09. The second kappa shape index (κ2) is 6.99. The molecule has 5 nitrogen and oxygen atoms in total. The Kier molecular flexibility index (Phi) is 4.61. The Bertz CT molecular complexity index is 1100. The van der Waals surface area contributed by atoms with Crippen LogP contribution in [0.3, 0.4) is 0 Å². The maximum atomic E-state index is 11.8. The first-order valence-corrected chi connectivity index (χ1v) is 9.79. The van der Waals surface area contributed by atoms with Gasteiger partial charge in [-0.1, -0.05) is 56.3 Å². The summed E-state index contributed by atoms with van der Waals surface area (Å²) >= 11 is 0. The molecule has 1 aliphatic rings. The van der Waals surface area contributed by atoms with Crippen molar-refractivity contribution in [3.8, 4) is 11.3 Å². The zero-order valence-corrected chi connectivity index (χ0v) is 16.4. The van der Waals surface area contributed by atoms with E-state index in [-0.39, 0.29) is 0 Å². The number of para-hydroxylation sites is 1. The molecule has 4 rings (SSSR count). The summed E-state index contributed by atoms with van der Waals surface area (Å²) in [6, 6.07) is 17.7. The first-order chi connectivity index (χ1) is 13.8. The third kappa shape index (κ3) is 3.07. The van der Waals surface area contributed by atoms with Gasteiger partial charge < -0.3 is 10.2 Å². The third-order valence-electron chi connectivity index (χ3n) is 6.09. The number of hydrogen-bond acceptors (Lipinski definition) is 3. The molecule has 2 N–H and O–H groups in total. The van der Waals surface area contributed by atoms with E-state index >= 15 is 0 Å². The lowest BCUT2D eigenvalue weighted by molar-refractivity contribution is -0.142. The number of aliphatic carboxylic acids is 2. The second-order valence-electron chi connectivity index (χ2n) is 8.09. The highest BCUT2D eigenvalue weighted by Crippen LogP contribution is 2.54. The van der Waals surface area contributed by atoms with Crippen LogP contribution in [0.25, 0.3) is 22.2 Å². The highest BCUT2D eigenvalue weighted by Gasteiger charge is 2.47. The molecule has 0 fully saturated rings. The lowest BCUT2D eigenvalue weighted by Gasteiger charge is -2.35.